The lowest BCUT2D eigenvalue weighted by Gasteiger charge is -2.31. The third kappa shape index (κ3) is 5.33. The molecule has 5 nitrogen and oxygen atoms in total. The second-order valence-electron chi connectivity index (χ2n) is 7.96. The highest BCUT2D eigenvalue weighted by atomic mass is 35.5. The second kappa shape index (κ2) is 8.89. The van der Waals surface area contributed by atoms with Crippen LogP contribution in [0.3, 0.4) is 0 Å². The maximum absolute atomic E-state index is 12.2. The van der Waals surface area contributed by atoms with Gasteiger partial charge in [0.05, 0.1) is 11.6 Å². The lowest BCUT2D eigenvalue weighted by Crippen LogP contribution is -2.47. The van der Waals surface area contributed by atoms with Crippen molar-refractivity contribution in [1.82, 2.24) is 10.3 Å². The Kier molecular flexibility index (Phi) is 6.55. The van der Waals surface area contributed by atoms with E-state index in [1.165, 1.54) is 0 Å². The van der Waals surface area contributed by atoms with E-state index < -0.39 is 6.04 Å². The second-order valence-corrected chi connectivity index (χ2v) is 8.39. The first-order valence-electron chi connectivity index (χ1n) is 9.79. The molecule has 2 aromatic rings. The minimum Gasteiger partial charge on any atom is -0.382 e. The maximum Gasteiger partial charge on any atom is 0.237 e. The van der Waals surface area contributed by atoms with Crippen LogP contribution >= 0.6 is 11.6 Å². The van der Waals surface area contributed by atoms with Crippen molar-refractivity contribution in [1.29, 1.82) is 0 Å². The number of hydrogen-bond donors (Lipinski definition) is 3. The number of nitrogens with zero attached hydrogens (tertiary/aromatic N) is 1. The van der Waals surface area contributed by atoms with E-state index in [2.05, 4.69) is 29.5 Å². The molecule has 27 heavy (non-hydrogen) atoms. The molecule has 0 radical (unpaired) electrons. The van der Waals surface area contributed by atoms with Crippen LogP contribution in [-0.4, -0.2) is 29.0 Å². The summed E-state index contributed by atoms with van der Waals surface area (Å²) >= 11 is 6.07. The number of nitrogens with one attached hydrogen (secondary N) is 2. The zero-order valence-electron chi connectivity index (χ0n) is 16.0. The van der Waals surface area contributed by atoms with E-state index in [0.29, 0.717) is 17.0 Å². The third-order valence-electron chi connectivity index (χ3n) is 5.20. The van der Waals surface area contributed by atoms with E-state index in [1.807, 2.05) is 30.5 Å². The predicted molar refractivity (Wildman–Crippen MR) is 112 cm³/mol. The van der Waals surface area contributed by atoms with Crippen LogP contribution in [0.5, 0.6) is 0 Å². The van der Waals surface area contributed by atoms with Crippen LogP contribution in [0.4, 0.5) is 5.69 Å². The first kappa shape index (κ1) is 19.9. The number of aromatic nitrogens is 1. The average molecular weight is 389 g/mol. The van der Waals surface area contributed by atoms with E-state index >= 15 is 0 Å². The van der Waals surface area contributed by atoms with Crippen molar-refractivity contribution in [2.75, 3.05) is 5.32 Å². The fraction of sp³-hybridized carbons (Fsp3) is 0.524. The number of benzene rings is 1. The monoisotopic (exact) mass is 388 g/mol. The fourth-order valence-electron chi connectivity index (χ4n) is 3.77. The first-order chi connectivity index (χ1) is 12.9. The standard InChI is InChI=1S/C21H29ClN4O/c1-13(2)11-18(23)21(27)26-16-6-4-15(5-7-16)25-19-9-10-24-20-12-14(22)3-8-17(19)20/h3,8-10,12-13,15-16,18H,4-7,11,23H2,1-2H3,(H,24,25)(H,26,27)/t15?,16?,18-/m0/s1. The molecule has 0 spiro atoms. The van der Waals surface area contributed by atoms with E-state index in [4.69, 9.17) is 17.3 Å². The van der Waals surface area contributed by atoms with Crippen LogP contribution in [0.1, 0.15) is 46.0 Å². The molecule has 0 saturated heterocycles. The maximum atomic E-state index is 12.2. The Bertz CT molecular complexity index is 787. The minimum atomic E-state index is -0.407. The van der Waals surface area contributed by atoms with E-state index in [1.54, 1.807) is 0 Å². The number of amides is 1. The molecule has 1 aromatic heterocycles. The number of rotatable bonds is 6. The van der Waals surface area contributed by atoms with Gasteiger partial charge in [-0.15, -0.1) is 0 Å². The molecular weight excluding hydrogens is 360 g/mol. The van der Waals surface area contributed by atoms with E-state index in [-0.39, 0.29) is 11.9 Å². The van der Waals surface area contributed by atoms with Gasteiger partial charge in [0.25, 0.3) is 0 Å². The van der Waals surface area contributed by atoms with Crippen LogP contribution in [0.15, 0.2) is 30.5 Å². The average Bonchev–Trinajstić information content (AvgIpc) is 2.62. The molecule has 1 fully saturated rings. The molecule has 0 unspecified atom stereocenters. The number of carbonyl (C=O) groups is 1. The zero-order chi connectivity index (χ0) is 19.4. The number of carbonyl (C=O) groups excluding carboxylic acids is 1. The van der Waals surface area contributed by atoms with Gasteiger partial charge in [-0.3, -0.25) is 9.78 Å². The largest absolute Gasteiger partial charge is 0.382 e. The SMILES string of the molecule is CC(C)C[C@H](N)C(=O)NC1CCC(Nc2ccnc3cc(Cl)ccc23)CC1. The minimum absolute atomic E-state index is 0.0166. The Morgan fingerprint density at radius 1 is 1.22 bits per heavy atom. The van der Waals surface area contributed by atoms with Crippen molar-refractivity contribution in [2.24, 2.45) is 11.7 Å². The van der Waals surface area contributed by atoms with Crippen molar-refractivity contribution < 1.29 is 4.79 Å². The van der Waals surface area contributed by atoms with Gasteiger partial charge in [0.2, 0.25) is 5.91 Å². The molecule has 0 bridgehead atoms. The Morgan fingerprint density at radius 3 is 2.63 bits per heavy atom. The summed E-state index contributed by atoms with van der Waals surface area (Å²) in [6, 6.07) is 8.00. The Morgan fingerprint density at radius 2 is 1.93 bits per heavy atom. The van der Waals surface area contributed by atoms with Crippen molar-refractivity contribution in [3.8, 4) is 0 Å². The van der Waals surface area contributed by atoms with Crippen molar-refractivity contribution in [3.63, 3.8) is 0 Å². The Hall–Kier alpha value is -1.85. The smallest absolute Gasteiger partial charge is 0.237 e. The summed E-state index contributed by atoms with van der Waals surface area (Å²) in [6.07, 6.45) is 6.49. The molecule has 1 heterocycles. The van der Waals surface area contributed by atoms with Gasteiger partial charge in [0, 0.05) is 34.4 Å². The number of halogens is 1. The molecule has 6 heteroatoms. The van der Waals surface area contributed by atoms with Gasteiger partial charge in [-0.25, -0.2) is 0 Å². The molecule has 146 valence electrons. The molecule has 1 atom stereocenters. The van der Waals surface area contributed by atoms with Crippen LogP contribution in [0, 0.1) is 5.92 Å². The normalized spacial score (nSPS) is 21.2. The Labute approximate surface area is 166 Å². The molecule has 4 N–H and O–H groups in total. The third-order valence-corrected chi connectivity index (χ3v) is 5.44. The van der Waals surface area contributed by atoms with Crippen molar-refractivity contribution >= 4 is 34.1 Å². The molecule has 1 aliphatic rings. The topological polar surface area (TPSA) is 80.0 Å². The van der Waals surface area contributed by atoms with Crippen LogP contribution in [0.2, 0.25) is 5.02 Å². The number of nitrogens with two attached hydrogens (primary N) is 1. The van der Waals surface area contributed by atoms with Gasteiger partial charge in [0.1, 0.15) is 0 Å². The predicted octanol–water partition coefficient (Wildman–Crippen LogP) is 4.10. The van der Waals surface area contributed by atoms with E-state index in [0.717, 1.165) is 48.7 Å². The highest BCUT2D eigenvalue weighted by molar-refractivity contribution is 6.31. The lowest BCUT2D eigenvalue weighted by molar-refractivity contribution is -0.123. The molecule has 1 aromatic carbocycles. The summed E-state index contributed by atoms with van der Waals surface area (Å²) in [6.45, 7) is 4.17. The van der Waals surface area contributed by atoms with Crippen LogP contribution in [-0.2, 0) is 4.79 Å². The van der Waals surface area contributed by atoms with E-state index in [9.17, 15) is 4.79 Å². The molecule has 1 aliphatic carbocycles. The summed E-state index contributed by atoms with van der Waals surface area (Å²) in [7, 11) is 0. The summed E-state index contributed by atoms with van der Waals surface area (Å²) in [5, 5.41) is 8.55. The number of anilines is 1. The highest BCUT2D eigenvalue weighted by Gasteiger charge is 2.24. The Balaban J connectivity index is 1.54. The number of hydrogen-bond acceptors (Lipinski definition) is 4. The first-order valence-corrected chi connectivity index (χ1v) is 10.2. The fourth-order valence-corrected chi connectivity index (χ4v) is 3.94. The molecule has 1 amide bonds. The zero-order valence-corrected chi connectivity index (χ0v) is 16.8. The van der Waals surface area contributed by atoms with Crippen LogP contribution < -0.4 is 16.4 Å². The van der Waals surface area contributed by atoms with Crippen molar-refractivity contribution in [3.05, 3.63) is 35.5 Å². The van der Waals surface area contributed by atoms with Gasteiger partial charge in [-0.2, -0.15) is 0 Å². The summed E-state index contributed by atoms with van der Waals surface area (Å²) in [5.74, 6) is 0.410. The number of pyridine rings is 1. The van der Waals surface area contributed by atoms with Crippen LogP contribution in [0.25, 0.3) is 10.9 Å². The molecule has 0 aliphatic heterocycles. The lowest BCUT2D eigenvalue weighted by atomic mass is 9.90. The highest BCUT2D eigenvalue weighted by Crippen LogP contribution is 2.28. The molecule has 1 saturated carbocycles. The van der Waals surface area contributed by atoms with Gasteiger partial charge in [-0.1, -0.05) is 25.4 Å². The molecule has 3 rings (SSSR count). The quantitative estimate of drug-likeness (QED) is 0.695. The number of fused-ring (bicyclic) bond motifs is 1. The summed E-state index contributed by atoms with van der Waals surface area (Å²) < 4.78 is 0. The summed E-state index contributed by atoms with van der Waals surface area (Å²) in [5.41, 5.74) is 7.97. The van der Waals surface area contributed by atoms with Crippen molar-refractivity contribution in [2.45, 2.75) is 64.1 Å². The molecular formula is C21H29ClN4O. The van der Waals surface area contributed by atoms with Gasteiger partial charge < -0.3 is 16.4 Å². The van der Waals surface area contributed by atoms with Gasteiger partial charge in [0.15, 0.2) is 0 Å². The van der Waals surface area contributed by atoms with Gasteiger partial charge in [-0.05, 0) is 62.3 Å². The van der Waals surface area contributed by atoms with Gasteiger partial charge >= 0.3 is 0 Å². The summed E-state index contributed by atoms with van der Waals surface area (Å²) in [4.78, 5) is 16.6.